The molecule has 0 aromatic carbocycles. The minimum Gasteiger partial charge on any atom is -0.360 e. The monoisotopic (exact) mass is 256 g/mol. The first-order valence-corrected chi connectivity index (χ1v) is 7.25. The largest absolute Gasteiger partial charge is 0.360 e. The molecule has 0 amide bonds. The van der Waals surface area contributed by atoms with Crippen LogP contribution in [0.2, 0.25) is 0 Å². The molecule has 18 heavy (non-hydrogen) atoms. The number of piperidine rings is 1. The van der Waals surface area contributed by atoms with Crippen molar-refractivity contribution in [2.75, 3.05) is 26.4 Å². The lowest BCUT2D eigenvalue weighted by Gasteiger charge is -2.35. The quantitative estimate of drug-likeness (QED) is 0.837. The molecular weight excluding hydrogens is 224 g/mol. The van der Waals surface area contributed by atoms with Gasteiger partial charge >= 0.3 is 0 Å². The van der Waals surface area contributed by atoms with E-state index in [9.17, 15) is 0 Å². The lowest BCUT2D eigenvalue weighted by Crippen LogP contribution is -2.46. The van der Waals surface area contributed by atoms with Crippen LogP contribution in [-0.2, 0) is 4.74 Å². The number of ether oxygens (including phenoxy) is 1. The van der Waals surface area contributed by atoms with Gasteiger partial charge in [0.15, 0.2) is 0 Å². The molecule has 1 heterocycles. The fourth-order valence-electron chi connectivity index (χ4n) is 2.00. The van der Waals surface area contributed by atoms with Crippen LogP contribution in [0, 0.1) is 5.41 Å². The Morgan fingerprint density at radius 1 is 1.06 bits per heavy atom. The minimum atomic E-state index is -0.0265. The van der Waals surface area contributed by atoms with Crippen LogP contribution in [0.4, 0.5) is 0 Å². The second kappa shape index (κ2) is 6.36. The Kier molecular flexibility index (Phi) is 5.63. The van der Waals surface area contributed by atoms with Gasteiger partial charge in [0.05, 0.1) is 12.3 Å². The molecule has 0 atom stereocenters. The predicted molar refractivity (Wildman–Crippen MR) is 77.8 cm³/mol. The fourth-order valence-corrected chi connectivity index (χ4v) is 2.00. The van der Waals surface area contributed by atoms with Crippen LogP contribution in [0.25, 0.3) is 0 Å². The van der Waals surface area contributed by atoms with E-state index in [0.717, 1.165) is 26.4 Å². The second-order valence-corrected chi connectivity index (χ2v) is 7.72. The maximum absolute atomic E-state index is 5.82. The molecule has 0 bridgehead atoms. The number of nitrogens with zero attached hydrogens (tertiary/aromatic N) is 1. The fraction of sp³-hybridized carbons (Fsp3) is 1.00. The Hall–Kier alpha value is -0.120. The standard InChI is InChI=1S/C15H32N2O/c1-14(2,3)11-16-13-7-9-17(10-8-13)12-18-15(4,5)6/h13,16H,7-12H2,1-6H3. The third-order valence-corrected chi connectivity index (χ3v) is 3.19. The molecule has 1 aliphatic heterocycles. The summed E-state index contributed by atoms with van der Waals surface area (Å²) in [5, 5.41) is 3.69. The average Bonchev–Trinajstić information content (AvgIpc) is 2.23. The zero-order valence-corrected chi connectivity index (χ0v) is 13.2. The third kappa shape index (κ3) is 7.34. The molecule has 1 fully saturated rings. The van der Waals surface area contributed by atoms with Crippen molar-refractivity contribution in [3.63, 3.8) is 0 Å². The molecule has 108 valence electrons. The van der Waals surface area contributed by atoms with E-state index in [1.807, 2.05) is 0 Å². The summed E-state index contributed by atoms with van der Waals surface area (Å²) < 4.78 is 5.82. The van der Waals surface area contributed by atoms with E-state index in [2.05, 4.69) is 51.8 Å². The molecule has 0 aromatic heterocycles. The van der Waals surface area contributed by atoms with Gasteiger partial charge in [0, 0.05) is 25.7 Å². The first kappa shape index (κ1) is 15.9. The van der Waals surface area contributed by atoms with E-state index < -0.39 is 0 Å². The molecule has 0 radical (unpaired) electrons. The Balaban J connectivity index is 2.17. The SMILES string of the molecule is CC(C)(C)CNC1CCN(COC(C)(C)C)CC1. The maximum atomic E-state index is 5.82. The normalized spacial score (nSPS) is 20.3. The molecule has 0 aromatic rings. The molecule has 0 aliphatic carbocycles. The molecule has 0 unspecified atom stereocenters. The molecule has 0 saturated carbocycles. The van der Waals surface area contributed by atoms with Gasteiger partial charge in [0.2, 0.25) is 0 Å². The molecule has 1 N–H and O–H groups in total. The van der Waals surface area contributed by atoms with Gasteiger partial charge in [0.25, 0.3) is 0 Å². The highest BCUT2D eigenvalue weighted by Crippen LogP contribution is 2.16. The van der Waals surface area contributed by atoms with Crippen LogP contribution < -0.4 is 5.32 Å². The van der Waals surface area contributed by atoms with Crippen LogP contribution in [-0.4, -0.2) is 42.9 Å². The summed E-state index contributed by atoms with van der Waals surface area (Å²) in [6, 6.07) is 0.690. The van der Waals surface area contributed by atoms with Gasteiger partial charge in [0.1, 0.15) is 0 Å². The highest BCUT2D eigenvalue weighted by molar-refractivity contribution is 4.78. The Morgan fingerprint density at radius 3 is 2.06 bits per heavy atom. The lowest BCUT2D eigenvalue weighted by molar-refractivity contribution is -0.0696. The molecule has 1 rings (SSSR count). The third-order valence-electron chi connectivity index (χ3n) is 3.19. The molecule has 0 spiro atoms. The van der Waals surface area contributed by atoms with E-state index >= 15 is 0 Å². The average molecular weight is 256 g/mol. The van der Waals surface area contributed by atoms with E-state index in [1.54, 1.807) is 0 Å². The molecule has 1 aliphatic rings. The topological polar surface area (TPSA) is 24.5 Å². The van der Waals surface area contributed by atoms with Crippen molar-refractivity contribution in [1.82, 2.24) is 10.2 Å². The highest BCUT2D eigenvalue weighted by atomic mass is 16.5. The van der Waals surface area contributed by atoms with Gasteiger partial charge in [-0.3, -0.25) is 4.90 Å². The number of rotatable bonds is 4. The summed E-state index contributed by atoms with van der Waals surface area (Å²) in [6.45, 7) is 17.4. The van der Waals surface area contributed by atoms with Crippen molar-refractivity contribution >= 4 is 0 Å². The Morgan fingerprint density at radius 2 is 1.61 bits per heavy atom. The smallest absolute Gasteiger partial charge is 0.0997 e. The van der Waals surface area contributed by atoms with Crippen LogP contribution >= 0.6 is 0 Å². The highest BCUT2D eigenvalue weighted by Gasteiger charge is 2.21. The zero-order chi connectivity index (χ0) is 13.8. The van der Waals surface area contributed by atoms with Gasteiger partial charge in [-0.25, -0.2) is 0 Å². The summed E-state index contributed by atoms with van der Waals surface area (Å²) in [7, 11) is 0. The van der Waals surface area contributed by atoms with Gasteiger partial charge in [-0.15, -0.1) is 0 Å². The van der Waals surface area contributed by atoms with Crippen LogP contribution in [0.5, 0.6) is 0 Å². The van der Waals surface area contributed by atoms with Gasteiger partial charge in [-0.1, -0.05) is 20.8 Å². The maximum Gasteiger partial charge on any atom is 0.0997 e. The van der Waals surface area contributed by atoms with E-state index in [-0.39, 0.29) is 5.60 Å². The van der Waals surface area contributed by atoms with Crippen LogP contribution in [0.15, 0.2) is 0 Å². The number of hydrogen-bond donors (Lipinski definition) is 1. The minimum absolute atomic E-state index is 0.0265. The predicted octanol–water partition coefficient (Wildman–Crippen LogP) is 2.86. The van der Waals surface area contributed by atoms with Crippen molar-refractivity contribution in [2.24, 2.45) is 5.41 Å². The first-order chi connectivity index (χ1) is 8.16. The summed E-state index contributed by atoms with van der Waals surface area (Å²) in [5.74, 6) is 0. The second-order valence-electron chi connectivity index (χ2n) is 7.72. The van der Waals surface area contributed by atoms with E-state index in [4.69, 9.17) is 4.74 Å². The van der Waals surface area contributed by atoms with Crippen LogP contribution in [0.3, 0.4) is 0 Å². The lowest BCUT2D eigenvalue weighted by atomic mass is 9.95. The van der Waals surface area contributed by atoms with Crippen molar-refractivity contribution in [2.45, 2.75) is 66.0 Å². The number of likely N-dealkylation sites (tertiary alicyclic amines) is 1. The molecular formula is C15H32N2O. The molecule has 3 nitrogen and oxygen atoms in total. The van der Waals surface area contributed by atoms with Gasteiger partial charge in [-0.2, -0.15) is 0 Å². The zero-order valence-electron chi connectivity index (χ0n) is 13.2. The number of nitrogens with one attached hydrogen (secondary N) is 1. The summed E-state index contributed by atoms with van der Waals surface area (Å²) >= 11 is 0. The van der Waals surface area contributed by atoms with Crippen molar-refractivity contribution in [3.8, 4) is 0 Å². The van der Waals surface area contributed by atoms with E-state index in [0.29, 0.717) is 11.5 Å². The molecule has 3 heteroatoms. The van der Waals surface area contributed by atoms with Gasteiger partial charge < -0.3 is 10.1 Å². The van der Waals surface area contributed by atoms with Crippen molar-refractivity contribution in [3.05, 3.63) is 0 Å². The molecule has 1 saturated heterocycles. The Labute approximate surface area is 113 Å². The van der Waals surface area contributed by atoms with Gasteiger partial charge in [-0.05, 0) is 39.0 Å². The Bertz CT molecular complexity index is 206. The van der Waals surface area contributed by atoms with E-state index in [1.165, 1.54) is 12.8 Å². The van der Waals surface area contributed by atoms with Crippen molar-refractivity contribution < 1.29 is 4.74 Å². The van der Waals surface area contributed by atoms with Crippen molar-refractivity contribution in [1.29, 1.82) is 0 Å². The summed E-state index contributed by atoms with van der Waals surface area (Å²) in [4.78, 5) is 2.42. The number of hydrogen-bond acceptors (Lipinski definition) is 3. The summed E-state index contributed by atoms with van der Waals surface area (Å²) in [6.07, 6.45) is 2.48. The first-order valence-electron chi connectivity index (χ1n) is 7.25. The van der Waals surface area contributed by atoms with Crippen LogP contribution in [0.1, 0.15) is 54.4 Å². The summed E-state index contributed by atoms with van der Waals surface area (Å²) in [5.41, 5.74) is 0.355.